The number of aryl methyl sites for hydroxylation is 1. The zero-order valence-electron chi connectivity index (χ0n) is 11.9. The van der Waals surface area contributed by atoms with Crippen LogP contribution in [0.5, 0.6) is 0 Å². The van der Waals surface area contributed by atoms with Crippen LogP contribution in [0, 0.1) is 6.92 Å². The highest BCUT2D eigenvalue weighted by atomic mass is 19.4. The molecule has 0 radical (unpaired) electrons. The summed E-state index contributed by atoms with van der Waals surface area (Å²) in [6.45, 7) is 1.96. The first kappa shape index (κ1) is 15.5. The first-order valence-corrected chi connectivity index (χ1v) is 6.54. The van der Waals surface area contributed by atoms with Crippen LogP contribution in [0.4, 0.5) is 13.2 Å². The molecule has 1 atom stereocenters. The van der Waals surface area contributed by atoms with Gasteiger partial charge in [-0.15, -0.1) is 0 Å². The van der Waals surface area contributed by atoms with Crippen molar-refractivity contribution in [1.29, 1.82) is 0 Å². The molecule has 0 aliphatic heterocycles. The summed E-state index contributed by atoms with van der Waals surface area (Å²) in [4.78, 5) is 3.81. The Kier molecular flexibility index (Phi) is 4.62. The fourth-order valence-electron chi connectivity index (χ4n) is 2.01. The average molecular weight is 298 g/mol. The lowest BCUT2D eigenvalue weighted by atomic mass is 10.1. The Morgan fingerprint density at radius 1 is 1.29 bits per heavy atom. The summed E-state index contributed by atoms with van der Waals surface area (Å²) >= 11 is 0. The number of nitrogens with one attached hydrogen (secondary N) is 1. The van der Waals surface area contributed by atoms with Crippen LogP contribution in [0.2, 0.25) is 0 Å². The summed E-state index contributed by atoms with van der Waals surface area (Å²) in [7, 11) is 1.76. The molecule has 0 bridgehead atoms. The molecule has 2 rings (SSSR count). The standard InChI is InChI=1S/C14H17F3N4/c1-10-12(9-20-21(10)2)8-19-13(14(15,16)17)7-11-3-5-18-6-4-11/h3-6,9,13,19H,7-8H2,1-2H3/t13-/m1/s1. The van der Waals surface area contributed by atoms with E-state index in [1.807, 2.05) is 6.92 Å². The van der Waals surface area contributed by atoms with E-state index in [2.05, 4.69) is 15.4 Å². The van der Waals surface area contributed by atoms with Gasteiger partial charge in [0.25, 0.3) is 0 Å². The van der Waals surface area contributed by atoms with Crippen LogP contribution in [0.15, 0.2) is 30.7 Å². The lowest BCUT2D eigenvalue weighted by Crippen LogP contribution is -2.43. The number of alkyl halides is 3. The second-order valence-corrected chi connectivity index (χ2v) is 4.91. The van der Waals surface area contributed by atoms with E-state index in [4.69, 9.17) is 0 Å². The van der Waals surface area contributed by atoms with Crippen molar-refractivity contribution in [1.82, 2.24) is 20.1 Å². The lowest BCUT2D eigenvalue weighted by molar-refractivity contribution is -0.155. The maximum absolute atomic E-state index is 13.1. The van der Waals surface area contributed by atoms with E-state index >= 15 is 0 Å². The first-order chi connectivity index (χ1) is 9.88. The van der Waals surface area contributed by atoms with Crippen LogP contribution < -0.4 is 5.32 Å². The molecular weight excluding hydrogens is 281 g/mol. The van der Waals surface area contributed by atoms with Gasteiger partial charge in [-0.2, -0.15) is 18.3 Å². The van der Waals surface area contributed by atoms with E-state index in [0.717, 1.165) is 11.3 Å². The van der Waals surface area contributed by atoms with Crippen molar-refractivity contribution in [2.45, 2.75) is 32.1 Å². The SMILES string of the molecule is Cc1c(CN[C@H](Cc2ccncc2)C(F)(F)F)cnn1C. The molecule has 1 N–H and O–H groups in total. The molecule has 21 heavy (non-hydrogen) atoms. The van der Waals surface area contributed by atoms with Gasteiger partial charge in [0.05, 0.1) is 6.20 Å². The minimum absolute atomic E-state index is 0.120. The summed E-state index contributed by atoms with van der Waals surface area (Å²) in [5.74, 6) is 0. The molecule has 4 nitrogen and oxygen atoms in total. The van der Waals surface area contributed by atoms with Crippen LogP contribution in [0.25, 0.3) is 0 Å². The Morgan fingerprint density at radius 3 is 2.48 bits per heavy atom. The van der Waals surface area contributed by atoms with Gasteiger partial charge in [0.2, 0.25) is 0 Å². The van der Waals surface area contributed by atoms with E-state index < -0.39 is 12.2 Å². The summed E-state index contributed by atoms with van der Waals surface area (Å²) in [5.41, 5.74) is 2.22. The fraction of sp³-hybridized carbons (Fsp3) is 0.429. The molecule has 0 fully saturated rings. The smallest absolute Gasteiger partial charge is 0.302 e. The van der Waals surface area contributed by atoms with Gasteiger partial charge in [-0.1, -0.05) is 0 Å². The van der Waals surface area contributed by atoms with Gasteiger partial charge >= 0.3 is 6.18 Å². The largest absolute Gasteiger partial charge is 0.404 e. The minimum Gasteiger partial charge on any atom is -0.302 e. The quantitative estimate of drug-likeness (QED) is 0.921. The van der Waals surface area contributed by atoms with Crippen LogP contribution in [0.1, 0.15) is 16.8 Å². The Hall–Kier alpha value is -1.89. The monoisotopic (exact) mass is 298 g/mol. The van der Waals surface area contributed by atoms with Crippen molar-refractivity contribution in [2.24, 2.45) is 7.05 Å². The molecule has 0 aliphatic rings. The Labute approximate surface area is 121 Å². The summed E-state index contributed by atoms with van der Waals surface area (Å²) in [6.07, 6.45) is 0.148. The number of hydrogen-bond acceptors (Lipinski definition) is 3. The second kappa shape index (κ2) is 6.26. The summed E-state index contributed by atoms with van der Waals surface area (Å²) in [5, 5.41) is 6.61. The summed E-state index contributed by atoms with van der Waals surface area (Å²) in [6, 6.07) is 1.59. The number of pyridine rings is 1. The van der Waals surface area contributed by atoms with Gasteiger partial charge in [0.15, 0.2) is 0 Å². The van der Waals surface area contributed by atoms with Gasteiger partial charge in [-0.3, -0.25) is 9.67 Å². The molecule has 7 heteroatoms. The van der Waals surface area contributed by atoms with E-state index in [9.17, 15) is 13.2 Å². The lowest BCUT2D eigenvalue weighted by Gasteiger charge is -2.21. The van der Waals surface area contributed by atoms with E-state index in [-0.39, 0.29) is 13.0 Å². The highest BCUT2D eigenvalue weighted by Crippen LogP contribution is 2.23. The maximum atomic E-state index is 13.1. The zero-order chi connectivity index (χ0) is 15.5. The molecule has 0 spiro atoms. The van der Waals surface area contributed by atoms with Gasteiger partial charge in [0, 0.05) is 37.2 Å². The third kappa shape index (κ3) is 4.04. The molecule has 2 aromatic heterocycles. The zero-order valence-corrected chi connectivity index (χ0v) is 11.9. The molecule has 0 amide bonds. The minimum atomic E-state index is -4.31. The van der Waals surface area contributed by atoms with Crippen molar-refractivity contribution in [3.63, 3.8) is 0 Å². The van der Waals surface area contributed by atoms with Crippen LogP contribution in [0.3, 0.4) is 0 Å². The maximum Gasteiger partial charge on any atom is 0.404 e. The predicted molar refractivity (Wildman–Crippen MR) is 72.6 cm³/mol. The Morgan fingerprint density at radius 2 is 1.95 bits per heavy atom. The molecule has 0 saturated heterocycles. The molecule has 0 unspecified atom stereocenters. The van der Waals surface area contributed by atoms with Gasteiger partial charge in [-0.05, 0) is 31.0 Å². The topological polar surface area (TPSA) is 42.7 Å². The molecule has 0 aliphatic carbocycles. The van der Waals surface area contributed by atoms with Crippen LogP contribution >= 0.6 is 0 Å². The van der Waals surface area contributed by atoms with E-state index in [1.54, 1.807) is 30.1 Å². The molecule has 0 aromatic carbocycles. The van der Waals surface area contributed by atoms with Crippen LogP contribution in [-0.2, 0) is 20.0 Å². The van der Waals surface area contributed by atoms with Crippen molar-refractivity contribution in [3.05, 3.63) is 47.5 Å². The summed E-state index contributed by atoms with van der Waals surface area (Å²) < 4.78 is 41.0. The Balaban J connectivity index is 2.05. The van der Waals surface area contributed by atoms with Gasteiger partial charge < -0.3 is 5.32 Å². The third-order valence-electron chi connectivity index (χ3n) is 3.46. The van der Waals surface area contributed by atoms with Crippen molar-refractivity contribution in [3.8, 4) is 0 Å². The number of rotatable bonds is 5. The molecular formula is C14H17F3N4. The number of nitrogens with zero attached hydrogens (tertiary/aromatic N) is 3. The van der Waals surface area contributed by atoms with Crippen molar-refractivity contribution in [2.75, 3.05) is 0 Å². The highest BCUT2D eigenvalue weighted by molar-refractivity contribution is 5.16. The average Bonchev–Trinajstić information content (AvgIpc) is 2.75. The number of halogens is 3. The molecule has 114 valence electrons. The third-order valence-corrected chi connectivity index (χ3v) is 3.46. The number of hydrogen-bond donors (Lipinski definition) is 1. The predicted octanol–water partition coefficient (Wildman–Crippen LogP) is 2.39. The molecule has 2 heterocycles. The van der Waals surface area contributed by atoms with Crippen LogP contribution in [-0.4, -0.2) is 27.0 Å². The van der Waals surface area contributed by atoms with Gasteiger partial charge in [-0.25, -0.2) is 0 Å². The highest BCUT2D eigenvalue weighted by Gasteiger charge is 2.39. The number of aromatic nitrogens is 3. The fourth-order valence-corrected chi connectivity index (χ4v) is 2.01. The van der Waals surface area contributed by atoms with E-state index in [0.29, 0.717) is 5.56 Å². The Bertz CT molecular complexity index is 578. The van der Waals surface area contributed by atoms with Crippen molar-refractivity contribution >= 4 is 0 Å². The molecule has 2 aromatic rings. The first-order valence-electron chi connectivity index (χ1n) is 6.54. The normalized spacial score (nSPS) is 13.4. The van der Waals surface area contributed by atoms with E-state index in [1.165, 1.54) is 12.4 Å². The van der Waals surface area contributed by atoms with Crippen molar-refractivity contribution < 1.29 is 13.2 Å². The van der Waals surface area contributed by atoms with Gasteiger partial charge in [0.1, 0.15) is 6.04 Å². The second-order valence-electron chi connectivity index (χ2n) is 4.91. The molecule has 0 saturated carbocycles.